The number of carbonyl (C=O) groups excluding carboxylic acids is 1. The van der Waals surface area contributed by atoms with Crippen LogP contribution in [0.25, 0.3) is 10.9 Å². The first-order valence-electron chi connectivity index (χ1n) is 8.72. The molecule has 1 unspecified atom stereocenters. The average Bonchev–Trinajstić information content (AvgIpc) is 2.66. The van der Waals surface area contributed by atoms with E-state index in [0.717, 1.165) is 22.3 Å². The van der Waals surface area contributed by atoms with Gasteiger partial charge < -0.3 is 15.4 Å². The van der Waals surface area contributed by atoms with Crippen LogP contribution < -0.4 is 15.4 Å². The average molecular weight is 349 g/mol. The van der Waals surface area contributed by atoms with Crippen LogP contribution in [0, 0.1) is 6.92 Å². The van der Waals surface area contributed by atoms with Crippen molar-refractivity contribution in [1.82, 2.24) is 10.3 Å². The maximum atomic E-state index is 12.1. The lowest BCUT2D eigenvalue weighted by molar-refractivity contribution is -0.127. The van der Waals surface area contributed by atoms with E-state index in [1.807, 2.05) is 67.6 Å². The standard InChI is InChI=1S/C21H23N3O2/c1-15-7-10-18(11-8-15)26-16(2)21(25)23-14-13-22-20-12-9-17-5-3-4-6-19(17)24-20/h3-12,16H,13-14H2,1-2H3,(H,22,24)(H,23,25). The highest BCUT2D eigenvalue weighted by molar-refractivity contribution is 5.81. The van der Waals surface area contributed by atoms with E-state index in [0.29, 0.717) is 18.8 Å². The van der Waals surface area contributed by atoms with E-state index in [1.165, 1.54) is 0 Å². The van der Waals surface area contributed by atoms with Gasteiger partial charge in [-0.1, -0.05) is 35.9 Å². The van der Waals surface area contributed by atoms with E-state index in [1.54, 1.807) is 6.92 Å². The Morgan fingerprint density at radius 2 is 1.81 bits per heavy atom. The predicted octanol–water partition coefficient (Wildman–Crippen LogP) is 3.54. The molecule has 2 aromatic carbocycles. The number of rotatable bonds is 7. The molecule has 0 aliphatic rings. The Morgan fingerprint density at radius 3 is 2.62 bits per heavy atom. The third-order valence-electron chi connectivity index (χ3n) is 4.03. The normalized spacial score (nSPS) is 11.8. The summed E-state index contributed by atoms with van der Waals surface area (Å²) < 4.78 is 5.65. The van der Waals surface area contributed by atoms with Gasteiger partial charge in [-0.05, 0) is 44.2 Å². The summed E-state index contributed by atoms with van der Waals surface area (Å²) in [6.45, 7) is 4.84. The molecular formula is C21H23N3O2. The van der Waals surface area contributed by atoms with E-state index in [9.17, 15) is 4.79 Å². The molecule has 0 aliphatic carbocycles. The van der Waals surface area contributed by atoms with E-state index in [4.69, 9.17) is 4.74 Å². The molecule has 5 heteroatoms. The van der Waals surface area contributed by atoms with Crippen LogP contribution in [0.3, 0.4) is 0 Å². The first kappa shape index (κ1) is 17.7. The molecule has 3 rings (SSSR count). The number of anilines is 1. The minimum Gasteiger partial charge on any atom is -0.481 e. The van der Waals surface area contributed by atoms with Crippen molar-refractivity contribution >= 4 is 22.6 Å². The molecule has 0 saturated carbocycles. The van der Waals surface area contributed by atoms with Gasteiger partial charge >= 0.3 is 0 Å². The SMILES string of the molecule is Cc1ccc(OC(C)C(=O)NCCNc2ccc3ccccc3n2)cc1. The number of benzene rings is 2. The van der Waals surface area contributed by atoms with E-state index in [-0.39, 0.29) is 5.91 Å². The summed E-state index contributed by atoms with van der Waals surface area (Å²) in [5.41, 5.74) is 2.10. The van der Waals surface area contributed by atoms with Crippen LogP contribution in [0.15, 0.2) is 60.7 Å². The van der Waals surface area contributed by atoms with Gasteiger partial charge in [0.2, 0.25) is 0 Å². The number of fused-ring (bicyclic) bond motifs is 1. The van der Waals surface area contributed by atoms with Crippen LogP contribution in [0.5, 0.6) is 5.75 Å². The van der Waals surface area contributed by atoms with Gasteiger partial charge in [0.15, 0.2) is 6.10 Å². The number of nitrogens with one attached hydrogen (secondary N) is 2. The Hall–Kier alpha value is -3.08. The van der Waals surface area contributed by atoms with Gasteiger partial charge in [0.05, 0.1) is 5.52 Å². The zero-order chi connectivity index (χ0) is 18.4. The van der Waals surface area contributed by atoms with E-state index < -0.39 is 6.10 Å². The van der Waals surface area contributed by atoms with Gasteiger partial charge in [-0.15, -0.1) is 0 Å². The molecule has 0 spiro atoms. The van der Waals surface area contributed by atoms with Crippen molar-refractivity contribution in [2.45, 2.75) is 20.0 Å². The molecule has 0 bridgehead atoms. The molecule has 0 saturated heterocycles. The van der Waals surface area contributed by atoms with Crippen LogP contribution >= 0.6 is 0 Å². The van der Waals surface area contributed by atoms with Crippen LogP contribution in [-0.2, 0) is 4.79 Å². The van der Waals surface area contributed by atoms with Crippen molar-refractivity contribution in [3.63, 3.8) is 0 Å². The minimum absolute atomic E-state index is 0.140. The van der Waals surface area contributed by atoms with Gasteiger partial charge in [0.1, 0.15) is 11.6 Å². The summed E-state index contributed by atoms with van der Waals surface area (Å²) in [4.78, 5) is 16.7. The second-order valence-electron chi connectivity index (χ2n) is 6.18. The zero-order valence-corrected chi connectivity index (χ0v) is 15.0. The van der Waals surface area contributed by atoms with Crippen molar-refractivity contribution in [1.29, 1.82) is 0 Å². The largest absolute Gasteiger partial charge is 0.481 e. The Labute approximate surface area is 153 Å². The zero-order valence-electron chi connectivity index (χ0n) is 15.0. The molecule has 2 N–H and O–H groups in total. The number of hydrogen-bond donors (Lipinski definition) is 2. The fourth-order valence-corrected chi connectivity index (χ4v) is 2.56. The number of carbonyl (C=O) groups is 1. The first-order valence-corrected chi connectivity index (χ1v) is 8.72. The third kappa shape index (κ3) is 4.72. The number of nitrogens with zero attached hydrogens (tertiary/aromatic N) is 1. The number of amides is 1. The predicted molar refractivity (Wildman–Crippen MR) is 105 cm³/mol. The van der Waals surface area contributed by atoms with Crippen LogP contribution in [0.2, 0.25) is 0 Å². The number of aromatic nitrogens is 1. The lowest BCUT2D eigenvalue weighted by atomic mass is 10.2. The minimum atomic E-state index is -0.545. The van der Waals surface area contributed by atoms with Crippen molar-refractivity contribution in [3.05, 3.63) is 66.2 Å². The highest BCUT2D eigenvalue weighted by atomic mass is 16.5. The molecule has 134 valence electrons. The monoisotopic (exact) mass is 349 g/mol. The lowest BCUT2D eigenvalue weighted by Gasteiger charge is -2.15. The molecule has 0 radical (unpaired) electrons. The van der Waals surface area contributed by atoms with Crippen molar-refractivity contribution in [2.24, 2.45) is 0 Å². The number of aryl methyl sites for hydroxylation is 1. The Bertz CT molecular complexity index is 878. The number of pyridine rings is 1. The molecular weight excluding hydrogens is 326 g/mol. The third-order valence-corrected chi connectivity index (χ3v) is 4.03. The molecule has 1 atom stereocenters. The fraction of sp³-hybridized carbons (Fsp3) is 0.238. The van der Waals surface area contributed by atoms with Crippen molar-refractivity contribution in [3.8, 4) is 5.75 Å². The summed E-state index contributed by atoms with van der Waals surface area (Å²) >= 11 is 0. The second kappa shape index (κ2) is 8.34. The summed E-state index contributed by atoms with van der Waals surface area (Å²) in [5, 5.41) is 7.19. The Kier molecular flexibility index (Phi) is 5.69. The van der Waals surface area contributed by atoms with Gasteiger partial charge in [-0.2, -0.15) is 0 Å². The molecule has 26 heavy (non-hydrogen) atoms. The van der Waals surface area contributed by atoms with Gasteiger partial charge in [0, 0.05) is 18.5 Å². The molecule has 0 aliphatic heterocycles. The molecule has 5 nitrogen and oxygen atoms in total. The highest BCUT2D eigenvalue weighted by Crippen LogP contribution is 2.14. The second-order valence-corrected chi connectivity index (χ2v) is 6.18. The fourth-order valence-electron chi connectivity index (χ4n) is 2.56. The van der Waals surface area contributed by atoms with E-state index in [2.05, 4.69) is 15.6 Å². The maximum absolute atomic E-state index is 12.1. The molecule has 1 amide bonds. The highest BCUT2D eigenvalue weighted by Gasteiger charge is 2.13. The van der Waals surface area contributed by atoms with Crippen molar-refractivity contribution in [2.75, 3.05) is 18.4 Å². The Balaban J connectivity index is 1.43. The van der Waals surface area contributed by atoms with Crippen LogP contribution in [0.1, 0.15) is 12.5 Å². The quantitative estimate of drug-likeness (QED) is 0.641. The molecule has 3 aromatic rings. The van der Waals surface area contributed by atoms with Crippen molar-refractivity contribution < 1.29 is 9.53 Å². The summed E-state index contributed by atoms with van der Waals surface area (Å²) in [6.07, 6.45) is -0.545. The molecule has 1 heterocycles. The number of para-hydroxylation sites is 1. The number of ether oxygens (including phenoxy) is 1. The molecule has 0 fully saturated rings. The maximum Gasteiger partial charge on any atom is 0.260 e. The Morgan fingerprint density at radius 1 is 1.04 bits per heavy atom. The first-order chi connectivity index (χ1) is 12.6. The lowest BCUT2D eigenvalue weighted by Crippen LogP contribution is -2.38. The molecule has 1 aromatic heterocycles. The summed E-state index contributed by atoms with van der Waals surface area (Å²) in [7, 11) is 0. The van der Waals surface area contributed by atoms with Gasteiger partial charge in [-0.25, -0.2) is 4.98 Å². The topological polar surface area (TPSA) is 63.2 Å². The van der Waals surface area contributed by atoms with Crippen LogP contribution in [0.4, 0.5) is 5.82 Å². The smallest absolute Gasteiger partial charge is 0.260 e. The van der Waals surface area contributed by atoms with Gasteiger partial charge in [0.25, 0.3) is 5.91 Å². The summed E-state index contributed by atoms with van der Waals surface area (Å²) in [5.74, 6) is 1.34. The van der Waals surface area contributed by atoms with Crippen LogP contribution in [-0.4, -0.2) is 30.1 Å². The van der Waals surface area contributed by atoms with E-state index >= 15 is 0 Å². The summed E-state index contributed by atoms with van der Waals surface area (Å²) in [6, 6.07) is 19.6. The van der Waals surface area contributed by atoms with Gasteiger partial charge in [-0.3, -0.25) is 4.79 Å². The number of hydrogen-bond acceptors (Lipinski definition) is 4.